The summed E-state index contributed by atoms with van der Waals surface area (Å²) in [5.74, 6) is 0.296. The fraction of sp³-hybridized carbons (Fsp3) is 0.455. The summed E-state index contributed by atoms with van der Waals surface area (Å²) in [7, 11) is 2.22. The smallest absolute Gasteiger partial charge is 0.222 e. The van der Waals surface area contributed by atoms with Crippen molar-refractivity contribution in [1.82, 2.24) is 24.8 Å². The summed E-state index contributed by atoms with van der Waals surface area (Å²) in [6.07, 6.45) is 4.37. The summed E-state index contributed by atoms with van der Waals surface area (Å²) < 4.78 is 0. The van der Waals surface area contributed by atoms with Gasteiger partial charge in [0.15, 0.2) is 0 Å². The van der Waals surface area contributed by atoms with Gasteiger partial charge < -0.3 is 20.5 Å². The van der Waals surface area contributed by atoms with Gasteiger partial charge in [-0.05, 0) is 38.1 Å². The topological polar surface area (TPSA) is 77.3 Å². The first-order chi connectivity index (χ1) is 14.2. The van der Waals surface area contributed by atoms with E-state index in [9.17, 15) is 0 Å². The van der Waals surface area contributed by atoms with E-state index in [1.165, 1.54) is 44.7 Å². The number of likely N-dealkylation sites (N-methyl/N-ethyl adjacent to an activating group) is 1. The quantitative estimate of drug-likeness (QED) is 0.714. The third-order valence-electron chi connectivity index (χ3n) is 6.46. The first-order valence-corrected chi connectivity index (χ1v) is 10.6. The molecule has 152 valence electrons. The zero-order chi connectivity index (χ0) is 19.8. The summed E-state index contributed by atoms with van der Waals surface area (Å²) in [5.41, 5.74) is 9.92. The number of benzene rings is 1. The monoisotopic (exact) mass is 391 g/mol. The van der Waals surface area contributed by atoms with Gasteiger partial charge in [-0.3, -0.25) is 4.90 Å². The number of H-pyrrole nitrogens is 1. The minimum Gasteiger partial charge on any atom is -0.371 e. The van der Waals surface area contributed by atoms with Gasteiger partial charge in [0.05, 0.1) is 5.69 Å². The van der Waals surface area contributed by atoms with Gasteiger partial charge in [-0.15, -0.1) is 0 Å². The maximum Gasteiger partial charge on any atom is 0.222 e. The molecule has 2 saturated heterocycles. The van der Waals surface area contributed by atoms with Crippen LogP contribution in [-0.2, 0) is 0 Å². The molecule has 2 aliphatic heterocycles. The first kappa shape index (κ1) is 18.4. The standard InChI is InChI=1S/C22H29N7/c1-27-12-14-29(15-13-27)18-7-10-28(11-8-18)17-4-2-16(3-5-17)20-19-6-9-24-21(19)26-22(23)25-20/h2-6,9,18H,7-8,10-15H2,1H3,(H3,23,24,25,26). The van der Waals surface area contributed by atoms with Crippen molar-refractivity contribution < 1.29 is 0 Å². The van der Waals surface area contributed by atoms with Crippen LogP contribution in [0.1, 0.15) is 12.8 Å². The number of nitrogens with zero attached hydrogens (tertiary/aromatic N) is 5. The zero-order valence-electron chi connectivity index (χ0n) is 17.0. The second-order valence-electron chi connectivity index (χ2n) is 8.27. The van der Waals surface area contributed by atoms with Crippen molar-refractivity contribution in [2.24, 2.45) is 0 Å². The van der Waals surface area contributed by atoms with Crippen LogP contribution in [0.3, 0.4) is 0 Å². The number of nitrogens with two attached hydrogens (primary N) is 1. The van der Waals surface area contributed by atoms with Crippen molar-refractivity contribution in [1.29, 1.82) is 0 Å². The second-order valence-corrected chi connectivity index (χ2v) is 8.27. The minimum atomic E-state index is 0.296. The van der Waals surface area contributed by atoms with Gasteiger partial charge in [-0.2, -0.15) is 4.98 Å². The van der Waals surface area contributed by atoms with Gasteiger partial charge in [0.2, 0.25) is 5.95 Å². The second kappa shape index (κ2) is 7.65. The molecule has 0 radical (unpaired) electrons. The average molecular weight is 392 g/mol. The molecule has 0 amide bonds. The Balaban J connectivity index is 1.27. The van der Waals surface area contributed by atoms with Crippen molar-refractivity contribution in [3.05, 3.63) is 36.5 Å². The van der Waals surface area contributed by atoms with E-state index < -0.39 is 0 Å². The summed E-state index contributed by atoms with van der Waals surface area (Å²) in [6.45, 7) is 7.07. The largest absolute Gasteiger partial charge is 0.371 e. The molecule has 0 saturated carbocycles. The molecule has 29 heavy (non-hydrogen) atoms. The van der Waals surface area contributed by atoms with Crippen LogP contribution in [0.5, 0.6) is 0 Å². The van der Waals surface area contributed by atoms with Gasteiger partial charge in [0.25, 0.3) is 0 Å². The van der Waals surface area contributed by atoms with E-state index in [1.54, 1.807) is 0 Å². The van der Waals surface area contributed by atoms with Crippen molar-refractivity contribution in [3.8, 4) is 11.3 Å². The number of hydrogen-bond acceptors (Lipinski definition) is 6. The predicted octanol–water partition coefficient (Wildman–Crippen LogP) is 2.42. The molecular formula is C22H29N7. The van der Waals surface area contributed by atoms with Crippen molar-refractivity contribution in [3.63, 3.8) is 0 Å². The number of rotatable bonds is 3. The maximum atomic E-state index is 5.89. The van der Waals surface area contributed by atoms with Crippen LogP contribution in [0.2, 0.25) is 0 Å². The van der Waals surface area contributed by atoms with E-state index in [0.29, 0.717) is 5.95 Å². The van der Waals surface area contributed by atoms with E-state index in [-0.39, 0.29) is 0 Å². The summed E-state index contributed by atoms with van der Waals surface area (Å²) in [5, 5.41) is 1.000. The molecule has 3 aromatic rings. The Morgan fingerprint density at radius 3 is 2.38 bits per heavy atom. The fourth-order valence-electron chi connectivity index (χ4n) is 4.68. The van der Waals surface area contributed by atoms with Gasteiger partial charge in [0, 0.05) is 68.1 Å². The third-order valence-corrected chi connectivity index (χ3v) is 6.46. The molecule has 1 aromatic carbocycles. The van der Waals surface area contributed by atoms with Crippen LogP contribution in [0.25, 0.3) is 22.3 Å². The highest BCUT2D eigenvalue weighted by molar-refractivity contribution is 5.91. The Morgan fingerprint density at radius 1 is 0.931 bits per heavy atom. The lowest BCUT2D eigenvalue weighted by molar-refractivity contribution is 0.0982. The van der Waals surface area contributed by atoms with E-state index in [2.05, 4.69) is 61.0 Å². The Morgan fingerprint density at radius 2 is 1.66 bits per heavy atom. The average Bonchev–Trinajstić information content (AvgIpc) is 3.22. The molecule has 5 rings (SSSR count). The molecule has 2 fully saturated rings. The number of hydrogen-bond donors (Lipinski definition) is 2. The van der Waals surface area contributed by atoms with E-state index >= 15 is 0 Å². The molecule has 2 aliphatic rings. The van der Waals surface area contributed by atoms with Gasteiger partial charge in [-0.25, -0.2) is 4.98 Å². The maximum absolute atomic E-state index is 5.89. The van der Waals surface area contributed by atoms with Crippen molar-refractivity contribution in [2.45, 2.75) is 18.9 Å². The minimum absolute atomic E-state index is 0.296. The molecular weight excluding hydrogens is 362 g/mol. The molecule has 7 nitrogen and oxygen atoms in total. The number of aromatic amines is 1. The summed E-state index contributed by atoms with van der Waals surface area (Å²) in [4.78, 5) is 19.5. The summed E-state index contributed by atoms with van der Waals surface area (Å²) in [6, 6.07) is 11.5. The highest BCUT2D eigenvalue weighted by Gasteiger charge is 2.26. The highest BCUT2D eigenvalue weighted by Crippen LogP contribution is 2.29. The van der Waals surface area contributed by atoms with Crippen LogP contribution in [0.4, 0.5) is 11.6 Å². The molecule has 2 aromatic heterocycles. The molecule has 0 atom stereocenters. The SMILES string of the molecule is CN1CCN(C2CCN(c3ccc(-c4nc(N)nc5[nH]ccc45)cc3)CC2)CC1. The molecule has 4 heterocycles. The van der Waals surface area contributed by atoms with Crippen molar-refractivity contribution >= 4 is 22.7 Å². The van der Waals surface area contributed by atoms with Crippen LogP contribution in [0.15, 0.2) is 36.5 Å². The van der Waals surface area contributed by atoms with E-state index in [1.807, 2.05) is 12.3 Å². The molecule has 0 aliphatic carbocycles. The number of nitrogen functional groups attached to an aromatic ring is 1. The van der Waals surface area contributed by atoms with Crippen LogP contribution in [-0.4, -0.2) is 77.1 Å². The molecule has 0 spiro atoms. The molecule has 7 heteroatoms. The van der Waals surface area contributed by atoms with Crippen LogP contribution in [0, 0.1) is 0 Å². The lowest BCUT2D eigenvalue weighted by atomic mass is 10.0. The summed E-state index contributed by atoms with van der Waals surface area (Å²) >= 11 is 0. The Bertz CT molecular complexity index is 964. The Hall–Kier alpha value is -2.64. The molecule has 3 N–H and O–H groups in total. The van der Waals surface area contributed by atoms with Crippen molar-refractivity contribution in [2.75, 3.05) is 56.9 Å². The van der Waals surface area contributed by atoms with Gasteiger partial charge >= 0.3 is 0 Å². The number of piperidine rings is 1. The molecule has 0 bridgehead atoms. The van der Waals surface area contributed by atoms with Gasteiger partial charge in [-0.1, -0.05) is 12.1 Å². The highest BCUT2D eigenvalue weighted by atomic mass is 15.3. The number of nitrogens with one attached hydrogen (secondary N) is 1. The lowest BCUT2D eigenvalue weighted by Gasteiger charge is -2.42. The van der Waals surface area contributed by atoms with Crippen LogP contribution < -0.4 is 10.6 Å². The number of fused-ring (bicyclic) bond motifs is 1. The molecule has 0 unspecified atom stereocenters. The Labute approximate surface area is 171 Å². The lowest BCUT2D eigenvalue weighted by Crippen LogP contribution is -2.52. The number of aromatic nitrogens is 3. The third kappa shape index (κ3) is 3.68. The fourth-order valence-corrected chi connectivity index (χ4v) is 4.68. The van der Waals surface area contributed by atoms with Crippen LogP contribution >= 0.6 is 0 Å². The van der Waals surface area contributed by atoms with E-state index in [4.69, 9.17) is 5.73 Å². The Kier molecular flexibility index (Phi) is 4.85. The normalized spacial score (nSPS) is 19.8. The van der Waals surface area contributed by atoms with E-state index in [0.717, 1.165) is 41.4 Å². The van der Waals surface area contributed by atoms with Gasteiger partial charge in [0.1, 0.15) is 5.65 Å². The first-order valence-electron chi connectivity index (χ1n) is 10.6. The number of piperazine rings is 1. The number of anilines is 2. The predicted molar refractivity (Wildman–Crippen MR) is 118 cm³/mol. The zero-order valence-corrected chi connectivity index (χ0v) is 17.0.